The van der Waals surface area contributed by atoms with Gasteiger partial charge in [0.25, 0.3) is 0 Å². The first-order chi connectivity index (χ1) is 10.1. The topological polar surface area (TPSA) is 49.4 Å². The van der Waals surface area contributed by atoms with Gasteiger partial charge in [-0.25, -0.2) is 0 Å². The molecule has 0 saturated carbocycles. The Balaban J connectivity index is 1.87. The monoisotopic (exact) mass is 322 g/mol. The molecule has 2 amide bonds. The maximum atomic E-state index is 12.0. The van der Waals surface area contributed by atoms with Gasteiger partial charge in [-0.1, -0.05) is 29.8 Å². The summed E-state index contributed by atoms with van der Waals surface area (Å²) in [5.41, 5.74) is 0.545. The van der Waals surface area contributed by atoms with E-state index in [1.807, 2.05) is 17.5 Å². The molecule has 1 aromatic heterocycles. The maximum Gasteiger partial charge on any atom is 0.244 e. The highest BCUT2D eigenvalue weighted by Gasteiger charge is 2.14. The summed E-state index contributed by atoms with van der Waals surface area (Å²) in [6, 6.07) is 10.8. The normalized spacial score (nSPS) is 10.2. The van der Waals surface area contributed by atoms with E-state index in [1.165, 1.54) is 16.2 Å². The molecule has 110 valence electrons. The SMILES string of the molecule is CN(CC(=O)Nc1ccccc1Cl)C(=O)Cc1cccs1. The number of likely N-dealkylation sites (N-methyl/N-ethyl adjacent to an activating group) is 1. The fraction of sp³-hybridized carbons (Fsp3) is 0.200. The highest BCUT2D eigenvalue weighted by Crippen LogP contribution is 2.20. The molecular weight excluding hydrogens is 308 g/mol. The molecule has 0 spiro atoms. The summed E-state index contributed by atoms with van der Waals surface area (Å²) in [6.45, 7) is -0.00453. The van der Waals surface area contributed by atoms with E-state index in [-0.39, 0.29) is 18.4 Å². The van der Waals surface area contributed by atoms with Crippen molar-refractivity contribution in [2.24, 2.45) is 0 Å². The van der Waals surface area contributed by atoms with Crippen LogP contribution in [-0.4, -0.2) is 30.3 Å². The van der Waals surface area contributed by atoms with Crippen LogP contribution in [0.5, 0.6) is 0 Å². The Morgan fingerprint density at radius 1 is 1.24 bits per heavy atom. The number of benzene rings is 1. The Labute approximate surface area is 132 Å². The molecule has 0 fully saturated rings. The summed E-state index contributed by atoms with van der Waals surface area (Å²) < 4.78 is 0. The van der Waals surface area contributed by atoms with Crippen LogP contribution in [0.4, 0.5) is 5.69 Å². The predicted molar refractivity (Wildman–Crippen MR) is 85.7 cm³/mol. The third-order valence-electron chi connectivity index (χ3n) is 2.86. The molecule has 0 aliphatic rings. The second kappa shape index (κ2) is 7.24. The van der Waals surface area contributed by atoms with Crippen LogP contribution >= 0.6 is 22.9 Å². The number of amides is 2. The zero-order valence-electron chi connectivity index (χ0n) is 11.5. The summed E-state index contributed by atoms with van der Waals surface area (Å²) in [5.74, 6) is -0.364. The van der Waals surface area contributed by atoms with Crippen LogP contribution in [0.3, 0.4) is 0 Å². The molecule has 1 aromatic carbocycles. The van der Waals surface area contributed by atoms with Crippen molar-refractivity contribution in [1.82, 2.24) is 4.90 Å². The van der Waals surface area contributed by atoms with Crippen LogP contribution in [-0.2, 0) is 16.0 Å². The van der Waals surface area contributed by atoms with E-state index in [1.54, 1.807) is 31.3 Å². The lowest BCUT2D eigenvalue weighted by molar-refractivity contribution is -0.132. The average molecular weight is 323 g/mol. The molecule has 2 rings (SSSR count). The van der Waals surface area contributed by atoms with Gasteiger partial charge in [0, 0.05) is 11.9 Å². The first-order valence-electron chi connectivity index (χ1n) is 6.37. The molecule has 2 aromatic rings. The van der Waals surface area contributed by atoms with Gasteiger partial charge in [0.1, 0.15) is 0 Å². The smallest absolute Gasteiger partial charge is 0.244 e. The average Bonchev–Trinajstić information content (AvgIpc) is 2.94. The van der Waals surface area contributed by atoms with Gasteiger partial charge >= 0.3 is 0 Å². The number of rotatable bonds is 5. The van der Waals surface area contributed by atoms with E-state index in [0.29, 0.717) is 17.1 Å². The molecule has 4 nitrogen and oxygen atoms in total. The van der Waals surface area contributed by atoms with Gasteiger partial charge in [-0.15, -0.1) is 11.3 Å². The second-order valence-electron chi connectivity index (χ2n) is 4.53. The Morgan fingerprint density at radius 2 is 2.00 bits per heavy atom. The van der Waals surface area contributed by atoms with Crippen LogP contribution in [0.2, 0.25) is 5.02 Å². The van der Waals surface area contributed by atoms with Gasteiger partial charge in [0.2, 0.25) is 11.8 Å². The fourth-order valence-corrected chi connectivity index (χ4v) is 2.63. The molecule has 6 heteroatoms. The van der Waals surface area contributed by atoms with Gasteiger partial charge < -0.3 is 10.2 Å². The van der Waals surface area contributed by atoms with Crippen LogP contribution in [0.1, 0.15) is 4.88 Å². The Bertz CT molecular complexity index is 628. The zero-order valence-corrected chi connectivity index (χ0v) is 13.1. The predicted octanol–water partition coefficient (Wildman–Crippen LogP) is 3.04. The molecule has 0 atom stereocenters. The van der Waals surface area contributed by atoms with Crippen molar-refractivity contribution in [3.63, 3.8) is 0 Å². The third kappa shape index (κ3) is 4.58. The van der Waals surface area contributed by atoms with E-state index in [4.69, 9.17) is 11.6 Å². The Hall–Kier alpha value is -1.85. The number of nitrogens with one attached hydrogen (secondary N) is 1. The van der Waals surface area contributed by atoms with Crippen LogP contribution in [0.15, 0.2) is 41.8 Å². The van der Waals surface area contributed by atoms with Crippen molar-refractivity contribution in [1.29, 1.82) is 0 Å². The highest BCUT2D eigenvalue weighted by molar-refractivity contribution is 7.10. The Kier molecular flexibility index (Phi) is 5.36. The molecule has 0 saturated heterocycles. The van der Waals surface area contributed by atoms with Crippen LogP contribution < -0.4 is 5.32 Å². The van der Waals surface area contributed by atoms with Crippen LogP contribution in [0, 0.1) is 0 Å². The largest absolute Gasteiger partial charge is 0.336 e. The first kappa shape index (κ1) is 15.5. The molecule has 0 unspecified atom stereocenters. The molecule has 0 aliphatic heterocycles. The van der Waals surface area contributed by atoms with Crippen molar-refractivity contribution in [3.8, 4) is 0 Å². The minimum Gasteiger partial charge on any atom is -0.336 e. The summed E-state index contributed by atoms with van der Waals surface area (Å²) in [5, 5.41) is 5.09. The first-order valence-corrected chi connectivity index (χ1v) is 7.63. The van der Waals surface area contributed by atoms with Gasteiger partial charge in [-0.05, 0) is 23.6 Å². The molecule has 1 N–H and O–H groups in total. The lowest BCUT2D eigenvalue weighted by atomic mass is 10.3. The number of hydrogen-bond donors (Lipinski definition) is 1. The van der Waals surface area contributed by atoms with E-state index in [2.05, 4.69) is 5.32 Å². The Morgan fingerprint density at radius 3 is 2.67 bits per heavy atom. The molecule has 0 aliphatic carbocycles. The van der Waals surface area contributed by atoms with Crippen molar-refractivity contribution in [2.75, 3.05) is 18.9 Å². The number of carbonyl (C=O) groups is 2. The van der Waals surface area contributed by atoms with Crippen molar-refractivity contribution in [2.45, 2.75) is 6.42 Å². The second-order valence-corrected chi connectivity index (χ2v) is 5.97. The summed E-state index contributed by atoms with van der Waals surface area (Å²) >= 11 is 7.49. The summed E-state index contributed by atoms with van der Waals surface area (Å²) in [7, 11) is 1.61. The van der Waals surface area contributed by atoms with Gasteiger partial charge in [0.05, 0.1) is 23.7 Å². The van der Waals surface area contributed by atoms with E-state index in [0.717, 1.165) is 4.88 Å². The van der Waals surface area contributed by atoms with Crippen molar-refractivity contribution in [3.05, 3.63) is 51.7 Å². The highest BCUT2D eigenvalue weighted by atomic mass is 35.5. The molecule has 0 bridgehead atoms. The number of hydrogen-bond acceptors (Lipinski definition) is 3. The number of halogens is 1. The third-order valence-corrected chi connectivity index (χ3v) is 4.07. The van der Waals surface area contributed by atoms with E-state index in [9.17, 15) is 9.59 Å². The molecule has 0 radical (unpaired) electrons. The fourth-order valence-electron chi connectivity index (χ4n) is 1.75. The lowest BCUT2D eigenvalue weighted by Gasteiger charge is -2.16. The summed E-state index contributed by atoms with van der Waals surface area (Å²) in [4.78, 5) is 26.3. The quantitative estimate of drug-likeness (QED) is 0.919. The van der Waals surface area contributed by atoms with Gasteiger partial charge in [0.15, 0.2) is 0 Å². The minimum absolute atomic E-state index is 0.00453. The van der Waals surface area contributed by atoms with E-state index >= 15 is 0 Å². The zero-order chi connectivity index (χ0) is 15.2. The number of para-hydroxylation sites is 1. The van der Waals surface area contributed by atoms with Crippen molar-refractivity contribution >= 4 is 40.4 Å². The number of nitrogens with zero attached hydrogens (tertiary/aromatic N) is 1. The lowest BCUT2D eigenvalue weighted by Crippen LogP contribution is -2.35. The standard InChI is InChI=1S/C15H15ClN2O2S/c1-18(15(20)9-11-5-4-8-21-11)10-14(19)17-13-7-3-2-6-12(13)16/h2-8H,9-10H2,1H3,(H,17,19). The minimum atomic E-state index is -0.273. The van der Waals surface area contributed by atoms with Crippen LogP contribution in [0.25, 0.3) is 0 Å². The number of thiophene rings is 1. The number of carbonyl (C=O) groups excluding carboxylic acids is 2. The van der Waals surface area contributed by atoms with E-state index < -0.39 is 0 Å². The van der Waals surface area contributed by atoms with Gasteiger partial charge in [-0.3, -0.25) is 9.59 Å². The van der Waals surface area contributed by atoms with Crippen molar-refractivity contribution < 1.29 is 9.59 Å². The van der Waals surface area contributed by atoms with Gasteiger partial charge in [-0.2, -0.15) is 0 Å². The number of anilines is 1. The molecule has 1 heterocycles. The molecule has 21 heavy (non-hydrogen) atoms. The molecular formula is C15H15ClN2O2S. The summed E-state index contributed by atoms with van der Waals surface area (Å²) in [6.07, 6.45) is 0.313. The maximum absolute atomic E-state index is 12.0.